The SMILES string of the molecule is CCCCCNC(=NC)NCc1ccc(Oc2cccc(OC)c2)nc1. The molecular formula is C20H28N4O2. The van der Waals surface area contributed by atoms with Crippen molar-refractivity contribution < 1.29 is 9.47 Å². The Morgan fingerprint density at radius 1 is 1.12 bits per heavy atom. The Hall–Kier alpha value is -2.76. The fourth-order valence-corrected chi connectivity index (χ4v) is 2.35. The van der Waals surface area contributed by atoms with Gasteiger partial charge < -0.3 is 20.1 Å². The van der Waals surface area contributed by atoms with Crippen LogP contribution in [0.25, 0.3) is 0 Å². The fourth-order valence-electron chi connectivity index (χ4n) is 2.35. The van der Waals surface area contributed by atoms with Crippen molar-refractivity contribution in [2.75, 3.05) is 20.7 Å². The van der Waals surface area contributed by atoms with Crippen LogP contribution in [0.4, 0.5) is 0 Å². The lowest BCUT2D eigenvalue weighted by molar-refractivity contribution is 0.407. The number of ether oxygens (including phenoxy) is 2. The second-order valence-corrected chi connectivity index (χ2v) is 5.85. The maximum atomic E-state index is 5.75. The largest absolute Gasteiger partial charge is 0.497 e. The van der Waals surface area contributed by atoms with E-state index in [1.54, 1.807) is 20.4 Å². The molecule has 140 valence electrons. The molecule has 2 rings (SSSR count). The second-order valence-electron chi connectivity index (χ2n) is 5.85. The van der Waals surface area contributed by atoms with Crippen molar-refractivity contribution in [1.29, 1.82) is 0 Å². The summed E-state index contributed by atoms with van der Waals surface area (Å²) < 4.78 is 10.9. The Balaban J connectivity index is 1.82. The molecule has 0 radical (unpaired) electrons. The minimum absolute atomic E-state index is 0.545. The van der Waals surface area contributed by atoms with E-state index in [-0.39, 0.29) is 0 Å². The maximum absolute atomic E-state index is 5.75. The van der Waals surface area contributed by atoms with E-state index < -0.39 is 0 Å². The fraction of sp³-hybridized carbons (Fsp3) is 0.400. The number of nitrogens with zero attached hydrogens (tertiary/aromatic N) is 2. The number of methoxy groups -OCH3 is 1. The van der Waals surface area contributed by atoms with Crippen molar-refractivity contribution >= 4 is 5.96 Å². The van der Waals surface area contributed by atoms with Crippen molar-refractivity contribution in [3.63, 3.8) is 0 Å². The van der Waals surface area contributed by atoms with Crippen LogP contribution in [-0.2, 0) is 6.54 Å². The van der Waals surface area contributed by atoms with Gasteiger partial charge in [0, 0.05) is 38.5 Å². The predicted octanol–water partition coefficient (Wildman–Crippen LogP) is 3.74. The molecule has 6 nitrogen and oxygen atoms in total. The topological polar surface area (TPSA) is 67.8 Å². The van der Waals surface area contributed by atoms with Gasteiger partial charge in [0.25, 0.3) is 0 Å². The minimum Gasteiger partial charge on any atom is -0.497 e. The van der Waals surface area contributed by atoms with Gasteiger partial charge in [-0.3, -0.25) is 4.99 Å². The Morgan fingerprint density at radius 3 is 2.65 bits per heavy atom. The first-order valence-electron chi connectivity index (χ1n) is 8.96. The van der Waals surface area contributed by atoms with E-state index in [4.69, 9.17) is 9.47 Å². The number of benzene rings is 1. The third-order valence-electron chi connectivity index (χ3n) is 3.82. The average molecular weight is 356 g/mol. The van der Waals surface area contributed by atoms with Crippen LogP contribution < -0.4 is 20.1 Å². The second kappa shape index (κ2) is 11.0. The van der Waals surface area contributed by atoms with Gasteiger partial charge in [-0.1, -0.05) is 31.9 Å². The molecule has 0 saturated heterocycles. The van der Waals surface area contributed by atoms with Gasteiger partial charge >= 0.3 is 0 Å². The molecule has 1 heterocycles. The lowest BCUT2D eigenvalue weighted by Crippen LogP contribution is -2.37. The lowest BCUT2D eigenvalue weighted by Gasteiger charge is -2.12. The predicted molar refractivity (Wildman–Crippen MR) is 105 cm³/mol. The Bertz CT molecular complexity index is 686. The monoisotopic (exact) mass is 356 g/mol. The first-order chi connectivity index (χ1) is 12.7. The molecule has 26 heavy (non-hydrogen) atoms. The summed E-state index contributed by atoms with van der Waals surface area (Å²) in [5.74, 6) is 2.79. The molecule has 0 spiro atoms. The number of aliphatic imine (C=N–C) groups is 1. The van der Waals surface area contributed by atoms with Crippen LogP contribution in [0, 0.1) is 0 Å². The van der Waals surface area contributed by atoms with Crippen molar-refractivity contribution in [3.05, 3.63) is 48.2 Å². The third kappa shape index (κ3) is 6.63. The summed E-state index contributed by atoms with van der Waals surface area (Å²) in [6, 6.07) is 11.3. The maximum Gasteiger partial charge on any atom is 0.219 e. The number of unbranched alkanes of at least 4 members (excludes halogenated alkanes) is 2. The van der Waals surface area contributed by atoms with Gasteiger partial charge in [-0.2, -0.15) is 0 Å². The van der Waals surface area contributed by atoms with Crippen LogP contribution >= 0.6 is 0 Å². The van der Waals surface area contributed by atoms with Crippen molar-refractivity contribution in [2.24, 2.45) is 4.99 Å². The Labute approximate surface area is 155 Å². The van der Waals surface area contributed by atoms with E-state index in [1.807, 2.05) is 36.4 Å². The summed E-state index contributed by atoms with van der Waals surface area (Å²) in [5, 5.41) is 6.60. The summed E-state index contributed by atoms with van der Waals surface area (Å²) in [4.78, 5) is 8.58. The smallest absolute Gasteiger partial charge is 0.219 e. The lowest BCUT2D eigenvalue weighted by atomic mass is 10.2. The molecule has 0 unspecified atom stereocenters. The van der Waals surface area contributed by atoms with Crippen LogP contribution in [0.3, 0.4) is 0 Å². The first-order valence-corrected chi connectivity index (χ1v) is 8.96. The first kappa shape index (κ1) is 19.6. The highest BCUT2D eigenvalue weighted by molar-refractivity contribution is 5.79. The molecule has 0 aliphatic rings. The summed E-state index contributed by atoms with van der Waals surface area (Å²) >= 11 is 0. The van der Waals surface area contributed by atoms with Crippen LogP contribution in [0.15, 0.2) is 47.6 Å². The molecule has 6 heteroatoms. The van der Waals surface area contributed by atoms with Gasteiger partial charge in [-0.25, -0.2) is 4.98 Å². The molecule has 0 amide bonds. The highest BCUT2D eigenvalue weighted by Gasteiger charge is 2.02. The summed E-state index contributed by atoms with van der Waals surface area (Å²) in [6.07, 6.45) is 5.38. The number of pyridine rings is 1. The normalized spacial score (nSPS) is 11.1. The van der Waals surface area contributed by atoms with Crippen LogP contribution in [0.5, 0.6) is 17.4 Å². The molecule has 0 aliphatic carbocycles. The molecule has 0 saturated carbocycles. The molecule has 0 atom stereocenters. The van der Waals surface area contributed by atoms with Gasteiger partial charge in [0.05, 0.1) is 7.11 Å². The molecule has 0 aliphatic heterocycles. The molecule has 0 fully saturated rings. The number of nitrogens with one attached hydrogen (secondary N) is 2. The number of hydrogen-bond acceptors (Lipinski definition) is 4. The third-order valence-corrected chi connectivity index (χ3v) is 3.82. The van der Waals surface area contributed by atoms with Gasteiger partial charge in [-0.05, 0) is 24.1 Å². The highest BCUT2D eigenvalue weighted by Crippen LogP contribution is 2.23. The number of guanidine groups is 1. The molecule has 1 aromatic carbocycles. The Kier molecular flexibility index (Phi) is 8.26. The minimum atomic E-state index is 0.545. The summed E-state index contributed by atoms with van der Waals surface area (Å²) in [6.45, 7) is 3.78. The van der Waals surface area contributed by atoms with Crippen molar-refractivity contribution in [1.82, 2.24) is 15.6 Å². The van der Waals surface area contributed by atoms with Crippen LogP contribution in [0.1, 0.15) is 31.7 Å². The average Bonchev–Trinajstić information content (AvgIpc) is 2.69. The van der Waals surface area contributed by atoms with Crippen LogP contribution in [0.2, 0.25) is 0 Å². The quantitative estimate of drug-likeness (QED) is 0.407. The van der Waals surface area contributed by atoms with Crippen molar-refractivity contribution in [3.8, 4) is 17.4 Å². The highest BCUT2D eigenvalue weighted by atomic mass is 16.5. The zero-order valence-corrected chi connectivity index (χ0v) is 15.8. The molecule has 2 N–H and O–H groups in total. The zero-order valence-electron chi connectivity index (χ0n) is 15.8. The van der Waals surface area contributed by atoms with E-state index in [0.29, 0.717) is 18.2 Å². The van der Waals surface area contributed by atoms with Gasteiger partial charge in [0.1, 0.15) is 11.5 Å². The number of aromatic nitrogens is 1. The van der Waals surface area contributed by atoms with Gasteiger partial charge in [0.15, 0.2) is 5.96 Å². The van der Waals surface area contributed by atoms with Gasteiger partial charge in [-0.15, -0.1) is 0 Å². The van der Waals surface area contributed by atoms with Crippen LogP contribution in [-0.4, -0.2) is 31.6 Å². The molecular weight excluding hydrogens is 328 g/mol. The van der Waals surface area contributed by atoms with E-state index in [9.17, 15) is 0 Å². The molecule has 2 aromatic rings. The van der Waals surface area contributed by atoms with E-state index in [2.05, 4.69) is 27.5 Å². The standard InChI is InChI=1S/C20H28N4O2/c1-4-5-6-12-22-20(21-2)24-15-16-10-11-19(23-14-16)26-18-9-7-8-17(13-18)25-3/h7-11,13-14H,4-6,12,15H2,1-3H3,(H2,21,22,24). The molecule has 1 aromatic heterocycles. The van der Waals surface area contributed by atoms with Gasteiger partial charge in [0.2, 0.25) is 5.88 Å². The van der Waals surface area contributed by atoms with E-state index >= 15 is 0 Å². The number of hydrogen-bond donors (Lipinski definition) is 2. The van der Waals surface area contributed by atoms with E-state index in [1.165, 1.54) is 12.8 Å². The Morgan fingerprint density at radius 2 is 1.96 bits per heavy atom. The summed E-state index contributed by atoms with van der Waals surface area (Å²) in [7, 11) is 3.41. The molecule has 0 bridgehead atoms. The van der Waals surface area contributed by atoms with E-state index in [0.717, 1.165) is 30.2 Å². The van der Waals surface area contributed by atoms with Crippen molar-refractivity contribution in [2.45, 2.75) is 32.7 Å². The summed E-state index contributed by atoms with van der Waals surface area (Å²) in [5.41, 5.74) is 1.06. The number of rotatable bonds is 9. The zero-order chi connectivity index (χ0) is 18.6.